The van der Waals surface area contributed by atoms with Gasteiger partial charge < -0.3 is 9.32 Å². The molecule has 5 nitrogen and oxygen atoms in total. The van der Waals surface area contributed by atoms with Crippen molar-refractivity contribution in [2.75, 3.05) is 32.7 Å². The van der Waals surface area contributed by atoms with Crippen molar-refractivity contribution in [3.8, 4) is 6.07 Å². The minimum absolute atomic E-state index is 0.277. The zero-order chi connectivity index (χ0) is 17.8. The van der Waals surface area contributed by atoms with E-state index in [2.05, 4.69) is 28.9 Å². The fourth-order valence-corrected chi connectivity index (χ4v) is 3.41. The maximum Gasteiger partial charge on any atom is 0.336 e. The minimum Gasteiger partial charge on any atom is -0.423 e. The first-order valence-corrected chi connectivity index (χ1v) is 8.92. The molecule has 25 heavy (non-hydrogen) atoms. The lowest BCUT2D eigenvalue weighted by Gasteiger charge is -2.34. The molecule has 0 saturated carbocycles. The van der Waals surface area contributed by atoms with Crippen LogP contribution in [0.3, 0.4) is 0 Å². The van der Waals surface area contributed by atoms with Crippen molar-refractivity contribution in [2.24, 2.45) is 0 Å². The van der Waals surface area contributed by atoms with Gasteiger partial charge in [0.05, 0.1) is 6.07 Å². The summed E-state index contributed by atoms with van der Waals surface area (Å²) >= 11 is 0. The van der Waals surface area contributed by atoms with Crippen LogP contribution in [0.4, 0.5) is 0 Å². The molecule has 0 spiro atoms. The largest absolute Gasteiger partial charge is 0.423 e. The predicted octanol–water partition coefficient (Wildman–Crippen LogP) is 2.83. The first kappa shape index (κ1) is 17.7. The zero-order valence-corrected chi connectivity index (χ0v) is 15.0. The normalized spacial score (nSPS) is 16.2. The van der Waals surface area contributed by atoms with Crippen LogP contribution in [0.15, 0.2) is 27.4 Å². The third-order valence-electron chi connectivity index (χ3n) is 5.07. The Morgan fingerprint density at radius 3 is 2.48 bits per heavy atom. The lowest BCUT2D eigenvalue weighted by molar-refractivity contribution is 0.127. The number of hydrogen-bond donors (Lipinski definition) is 0. The Morgan fingerprint density at radius 2 is 1.76 bits per heavy atom. The van der Waals surface area contributed by atoms with Gasteiger partial charge in [0.1, 0.15) is 5.58 Å². The highest BCUT2D eigenvalue weighted by Gasteiger charge is 2.18. The summed E-state index contributed by atoms with van der Waals surface area (Å²) in [5, 5.41) is 9.68. The molecule has 1 aliphatic heterocycles. The predicted molar refractivity (Wildman–Crippen MR) is 98.5 cm³/mol. The van der Waals surface area contributed by atoms with Gasteiger partial charge in [-0.1, -0.05) is 0 Å². The molecule has 1 aliphatic rings. The Kier molecular flexibility index (Phi) is 5.52. The van der Waals surface area contributed by atoms with Crippen LogP contribution in [0.25, 0.3) is 11.0 Å². The van der Waals surface area contributed by atoms with Gasteiger partial charge >= 0.3 is 5.63 Å². The average molecular weight is 339 g/mol. The standard InChI is InChI=1S/C20H25N3O2/c1-15-11-18-17(13-20(24)25-19(18)12-16(15)2)14-23-9-7-22(8-10-23)6-4-3-5-21/h11-13H,3-4,6-10,14H2,1-2H3. The highest BCUT2D eigenvalue weighted by molar-refractivity contribution is 5.81. The Morgan fingerprint density at radius 1 is 1.08 bits per heavy atom. The van der Waals surface area contributed by atoms with Crippen LogP contribution in [0, 0.1) is 25.2 Å². The smallest absolute Gasteiger partial charge is 0.336 e. The van der Waals surface area contributed by atoms with E-state index in [0.29, 0.717) is 12.0 Å². The van der Waals surface area contributed by atoms with Crippen LogP contribution in [0.5, 0.6) is 0 Å². The lowest BCUT2D eigenvalue weighted by Crippen LogP contribution is -2.46. The molecule has 0 atom stereocenters. The molecule has 1 saturated heterocycles. The summed E-state index contributed by atoms with van der Waals surface area (Å²) in [4.78, 5) is 16.7. The summed E-state index contributed by atoms with van der Waals surface area (Å²) < 4.78 is 5.39. The van der Waals surface area contributed by atoms with Crippen molar-refractivity contribution >= 4 is 11.0 Å². The number of piperazine rings is 1. The summed E-state index contributed by atoms with van der Waals surface area (Å²) in [7, 11) is 0. The number of fused-ring (bicyclic) bond motifs is 1. The molecular formula is C20H25N3O2. The summed E-state index contributed by atoms with van der Waals surface area (Å²) in [6.45, 7) is 9.90. The third kappa shape index (κ3) is 4.28. The molecule has 2 heterocycles. The van der Waals surface area contributed by atoms with Crippen molar-refractivity contribution in [1.29, 1.82) is 5.26 Å². The number of benzene rings is 1. The van der Waals surface area contributed by atoms with Crippen LogP contribution in [0.1, 0.15) is 29.5 Å². The summed E-state index contributed by atoms with van der Waals surface area (Å²) in [5.74, 6) is 0. The molecule has 0 aliphatic carbocycles. The van der Waals surface area contributed by atoms with Gasteiger partial charge in [0.25, 0.3) is 0 Å². The highest BCUT2D eigenvalue weighted by Crippen LogP contribution is 2.23. The highest BCUT2D eigenvalue weighted by atomic mass is 16.4. The summed E-state index contributed by atoms with van der Waals surface area (Å²) in [6.07, 6.45) is 1.57. The number of rotatable bonds is 5. The van der Waals surface area contributed by atoms with Crippen LogP contribution >= 0.6 is 0 Å². The van der Waals surface area contributed by atoms with E-state index < -0.39 is 0 Å². The van der Waals surface area contributed by atoms with E-state index in [-0.39, 0.29) is 5.63 Å². The van der Waals surface area contributed by atoms with E-state index >= 15 is 0 Å². The van der Waals surface area contributed by atoms with E-state index in [0.717, 1.165) is 62.2 Å². The summed E-state index contributed by atoms with van der Waals surface area (Å²) in [5.41, 5.74) is 3.80. The fraction of sp³-hybridized carbons (Fsp3) is 0.500. The molecule has 5 heteroatoms. The molecule has 3 rings (SSSR count). The first-order chi connectivity index (χ1) is 12.1. The maximum absolute atomic E-state index is 11.9. The van der Waals surface area contributed by atoms with Crippen LogP contribution in [-0.2, 0) is 6.54 Å². The molecule has 1 aromatic carbocycles. The minimum atomic E-state index is -0.277. The molecule has 0 bridgehead atoms. The van der Waals surface area contributed by atoms with Gasteiger partial charge in [-0.25, -0.2) is 4.79 Å². The molecule has 0 radical (unpaired) electrons. The first-order valence-electron chi connectivity index (χ1n) is 8.92. The zero-order valence-electron chi connectivity index (χ0n) is 15.0. The molecule has 0 amide bonds. The Labute approximate surface area is 148 Å². The topological polar surface area (TPSA) is 60.5 Å². The van der Waals surface area contributed by atoms with Crippen molar-refractivity contribution in [1.82, 2.24) is 9.80 Å². The van der Waals surface area contributed by atoms with E-state index in [4.69, 9.17) is 9.68 Å². The van der Waals surface area contributed by atoms with Gasteiger partial charge in [0.2, 0.25) is 0 Å². The Balaban J connectivity index is 1.71. The van der Waals surface area contributed by atoms with E-state index in [9.17, 15) is 4.79 Å². The van der Waals surface area contributed by atoms with Gasteiger partial charge in [-0.3, -0.25) is 4.90 Å². The van der Waals surface area contributed by atoms with E-state index in [1.807, 2.05) is 13.0 Å². The fourth-order valence-electron chi connectivity index (χ4n) is 3.41. The van der Waals surface area contributed by atoms with Crippen LogP contribution in [0.2, 0.25) is 0 Å². The van der Waals surface area contributed by atoms with Gasteiger partial charge in [0, 0.05) is 50.6 Å². The molecule has 132 valence electrons. The Bertz CT molecular complexity index is 842. The van der Waals surface area contributed by atoms with Gasteiger partial charge in [-0.2, -0.15) is 5.26 Å². The number of nitrogens with zero attached hydrogens (tertiary/aromatic N) is 3. The SMILES string of the molecule is Cc1cc2oc(=O)cc(CN3CCN(CCCC#N)CC3)c2cc1C. The third-order valence-corrected chi connectivity index (χ3v) is 5.07. The second-order valence-electron chi connectivity index (χ2n) is 6.90. The monoisotopic (exact) mass is 339 g/mol. The average Bonchev–Trinajstić information content (AvgIpc) is 2.58. The van der Waals surface area contributed by atoms with Crippen molar-refractivity contribution < 1.29 is 4.42 Å². The molecule has 1 aromatic heterocycles. The molecule has 0 unspecified atom stereocenters. The van der Waals surface area contributed by atoms with E-state index in [1.165, 1.54) is 5.56 Å². The number of hydrogen-bond acceptors (Lipinski definition) is 5. The molecule has 0 N–H and O–H groups in total. The summed E-state index contributed by atoms with van der Waals surface area (Å²) in [6, 6.07) is 7.93. The van der Waals surface area contributed by atoms with E-state index in [1.54, 1.807) is 6.07 Å². The van der Waals surface area contributed by atoms with Crippen molar-refractivity contribution in [3.05, 3.63) is 45.3 Å². The maximum atomic E-state index is 11.9. The molecule has 2 aromatic rings. The quantitative estimate of drug-likeness (QED) is 0.619. The second kappa shape index (κ2) is 7.81. The Hall–Kier alpha value is -2.16. The second-order valence-corrected chi connectivity index (χ2v) is 6.90. The van der Waals surface area contributed by atoms with Crippen LogP contribution in [-0.4, -0.2) is 42.5 Å². The number of unbranched alkanes of at least 4 members (excludes halogenated alkanes) is 1. The van der Waals surface area contributed by atoms with Gasteiger partial charge in [0.15, 0.2) is 0 Å². The van der Waals surface area contributed by atoms with Crippen molar-refractivity contribution in [3.63, 3.8) is 0 Å². The van der Waals surface area contributed by atoms with Crippen molar-refractivity contribution in [2.45, 2.75) is 33.2 Å². The van der Waals surface area contributed by atoms with Gasteiger partial charge in [-0.05, 0) is 55.6 Å². The van der Waals surface area contributed by atoms with Gasteiger partial charge in [-0.15, -0.1) is 0 Å². The molecular weight excluding hydrogens is 314 g/mol. The number of nitriles is 1. The molecule has 1 fully saturated rings. The van der Waals surface area contributed by atoms with Crippen LogP contribution < -0.4 is 5.63 Å². The number of aryl methyl sites for hydroxylation is 2. The lowest BCUT2D eigenvalue weighted by atomic mass is 10.0.